The van der Waals surface area contributed by atoms with E-state index in [9.17, 15) is 14.7 Å². The molecule has 4 rings (SSSR count). The fourth-order valence-electron chi connectivity index (χ4n) is 3.67. The molecule has 1 unspecified atom stereocenters. The molecular weight excluding hydrogens is 452 g/mol. The second kappa shape index (κ2) is 10.3. The summed E-state index contributed by atoms with van der Waals surface area (Å²) in [4.78, 5) is 28.2. The van der Waals surface area contributed by atoms with Gasteiger partial charge in [0, 0.05) is 16.5 Å². The number of halogens is 1. The quantitative estimate of drug-likeness (QED) is 0.425. The van der Waals surface area contributed by atoms with Gasteiger partial charge in [0.2, 0.25) is 5.96 Å². The van der Waals surface area contributed by atoms with E-state index < -0.39 is 18.4 Å². The number of aliphatic carboxylic acids is 1. The number of nitrogens with one attached hydrogen (secondary N) is 1. The number of hydrazone groups is 1. The molecule has 0 radical (unpaired) electrons. The van der Waals surface area contributed by atoms with E-state index in [4.69, 9.17) is 16.7 Å². The van der Waals surface area contributed by atoms with Crippen LogP contribution >= 0.6 is 11.6 Å². The minimum absolute atomic E-state index is 0.0744. The molecule has 0 bridgehead atoms. The Morgan fingerprint density at radius 3 is 2.38 bits per heavy atom. The predicted octanol–water partition coefficient (Wildman–Crippen LogP) is 4.32. The topological polar surface area (TPSA) is 94.4 Å². The molecule has 0 fully saturated rings. The molecule has 34 heavy (non-hydrogen) atoms. The van der Waals surface area contributed by atoms with Crippen molar-refractivity contribution in [2.75, 3.05) is 13.1 Å². The molecule has 1 heterocycles. The molecule has 3 aromatic rings. The van der Waals surface area contributed by atoms with Crippen molar-refractivity contribution in [2.24, 2.45) is 10.1 Å². The summed E-state index contributed by atoms with van der Waals surface area (Å²) in [5, 5.41) is 18.8. The van der Waals surface area contributed by atoms with Crippen LogP contribution < -0.4 is 5.32 Å². The fraction of sp³-hybridized carbons (Fsp3) is 0.154. The number of guanidine groups is 1. The van der Waals surface area contributed by atoms with Gasteiger partial charge in [0.15, 0.2) is 0 Å². The number of aryl methyl sites for hydroxylation is 1. The number of hydrogen-bond acceptors (Lipinski definition) is 4. The van der Waals surface area contributed by atoms with E-state index in [1.54, 1.807) is 29.3 Å². The Morgan fingerprint density at radius 1 is 1.06 bits per heavy atom. The van der Waals surface area contributed by atoms with Gasteiger partial charge in [-0.3, -0.25) is 14.9 Å². The van der Waals surface area contributed by atoms with Gasteiger partial charge in [-0.25, -0.2) is 10.0 Å². The lowest BCUT2D eigenvalue weighted by Gasteiger charge is -2.19. The highest BCUT2D eigenvalue weighted by atomic mass is 35.5. The molecule has 1 atom stereocenters. The van der Waals surface area contributed by atoms with Crippen molar-refractivity contribution in [1.29, 1.82) is 0 Å². The van der Waals surface area contributed by atoms with E-state index in [0.717, 1.165) is 22.4 Å². The summed E-state index contributed by atoms with van der Waals surface area (Å²) in [7, 11) is 0. The lowest BCUT2D eigenvalue weighted by Crippen LogP contribution is -2.41. The van der Waals surface area contributed by atoms with Crippen LogP contribution in [0.2, 0.25) is 5.02 Å². The van der Waals surface area contributed by atoms with Crippen LogP contribution in [-0.4, -0.2) is 46.8 Å². The van der Waals surface area contributed by atoms with Crippen LogP contribution in [0, 0.1) is 6.92 Å². The molecule has 0 aromatic heterocycles. The van der Waals surface area contributed by atoms with Gasteiger partial charge in [-0.05, 0) is 42.3 Å². The zero-order valence-corrected chi connectivity index (χ0v) is 19.2. The van der Waals surface area contributed by atoms with Crippen molar-refractivity contribution < 1.29 is 14.7 Å². The van der Waals surface area contributed by atoms with E-state index in [2.05, 4.69) is 10.3 Å². The van der Waals surface area contributed by atoms with Crippen LogP contribution in [-0.2, 0) is 4.79 Å². The SMILES string of the molecule is Cc1ccc(C2=NN(C(=NCC(=O)O)NC(=O)c3ccc(Cl)cc3)CC2c2ccccc2)cc1. The Balaban J connectivity index is 1.69. The number of carbonyl (C=O) groups is 2. The maximum atomic E-state index is 12.9. The van der Waals surface area contributed by atoms with E-state index in [1.165, 1.54) is 0 Å². The summed E-state index contributed by atoms with van der Waals surface area (Å²) < 4.78 is 0. The Kier molecular flexibility index (Phi) is 7.04. The number of aliphatic imine (C=N–C) groups is 1. The summed E-state index contributed by atoms with van der Waals surface area (Å²) >= 11 is 5.92. The van der Waals surface area contributed by atoms with Crippen LogP contribution in [0.1, 0.15) is 33.0 Å². The molecule has 2 N–H and O–H groups in total. The van der Waals surface area contributed by atoms with Gasteiger partial charge in [-0.1, -0.05) is 71.8 Å². The molecule has 172 valence electrons. The standard InChI is InChI=1S/C26H23ClN4O3/c1-17-7-9-19(10-8-17)24-22(18-5-3-2-4-6-18)16-31(30-24)26(28-15-23(32)33)29-25(34)20-11-13-21(27)14-12-20/h2-14,22H,15-16H2,1H3,(H,32,33)(H,28,29,34). The van der Waals surface area contributed by atoms with Crippen molar-refractivity contribution >= 4 is 35.1 Å². The fourth-order valence-corrected chi connectivity index (χ4v) is 3.79. The minimum atomic E-state index is -1.11. The lowest BCUT2D eigenvalue weighted by atomic mass is 9.90. The summed E-state index contributed by atoms with van der Waals surface area (Å²) in [6.45, 7) is 1.91. The second-order valence-corrected chi connectivity index (χ2v) is 8.33. The molecule has 1 aliphatic heterocycles. The molecule has 1 aliphatic rings. The third kappa shape index (κ3) is 5.50. The smallest absolute Gasteiger partial charge is 0.325 e. The van der Waals surface area contributed by atoms with Crippen molar-refractivity contribution in [3.63, 3.8) is 0 Å². The highest BCUT2D eigenvalue weighted by Gasteiger charge is 2.32. The number of rotatable bonds is 5. The highest BCUT2D eigenvalue weighted by Crippen LogP contribution is 2.29. The maximum Gasteiger partial charge on any atom is 0.325 e. The number of benzene rings is 3. The van der Waals surface area contributed by atoms with Crippen LogP contribution in [0.5, 0.6) is 0 Å². The van der Waals surface area contributed by atoms with Crippen molar-refractivity contribution in [3.05, 3.63) is 106 Å². The largest absolute Gasteiger partial charge is 0.480 e. The predicted molar refractivity (Wildman–Crippen MR) is 132 cm³/mol. The third-order valence-electron chi connectivity index (χ3n) is 5.40. The summed E-state index contributed by atoms with van der Waals surface area (Å²) in [6, 6.07) is 24.4. The average Bonchev–Trinajstić information content (AvgIpc) is 3.28. The van der Waals surface area contributed by atoms with Gasteiger partial charge in [0.25, 0.3) is 5.91 Å². The molecule has 7 nitrogen and oxygen atoms in total. The van der Waals surface area contributed by atoms with E-state index in [0.29, 0.717) is 17.1 Å². The van der Waals surface area contributed by atoms with Crippen LogP contribution in [0.3, 0.4) is 0 Å². The van der Waals surface area contributed by atoms with Gasteiger partial charge >= 0.3 is 5.97 Å². The minimum Gasteiger partial charge on any atom is -0.480 e. The number of hydrogen-bond donors (Lipinski definition) is 2. The van der Waals surface area contributed by atoms with Crippen LogP contribution in [0.4, 0.5) is 0 Å². The summed E-state index contributed by atoms with van der Waals surface area (Å²) in [6.07, 6.45) is 0. The molecule has 3 aromatic carbocycles. The first-order valence-corrected chi connectivity index (χ1v) is 11.1. The molecule has 0 saturated carbocycles. The zero-order chi connectivity index (χ0) is 24.1. The van der Waals surface area contributed by atoms with Crippen molar-refractivity contribution in [3.8, 4) is 0 Å². The Labute approximate surface area is 202 Å². The first-order valence-electron chi connectivity index (χ1n) is 10.7. The van der Waals surface area contributed by atoms with Gasteiger partial charge < -0.3 is 5.11 Å². The Hall–Kier alpha value is -3.97. The molecule has 0 saturated heterocycles. The number of carboxylic acids is 1. The van der Waals surface area contributed by atoms with Gasteiger partial charge in [-0.2, -0.15) is 5.10 Å². The molecule has 1 amide bonds. The summed E-state index contributed by atoms with van der Waals surface area (Å²) in [5.41, 5.74) is 4.33. The lowest BCUT2D eigenvalue weighted by molar-refractivity contribution is -0.135. The number of nitrogens with zero attached hydrogens (tertiary/aromatic N) is 3. The monoisotopic (exact) mass is 474 g/mol. The van der Waals surface area contributed by atoms with Gasteiger partial charge in [0.1, 0.15) is 6.54 Å². The molecular formula is C26H23ClN4O3. The first kappa shape index (κ1) is 23.2. The zero-order valence-electron chi connectivity index (χ0n) is 18.5. The van der Waals surface area contributed by atoms with E-state index in [-0.39, 0.29) is 11.9 Å². The van der Waals surface area contributed by atoms with Crippen molar-refractivity contribution in [1.82, 2.24) is 10.3 Å². The third-order valence-corrected chi connectivity index (χ3v) is 5.66. The number of carbonyl (C=O) groups excluding carboxylic acids is 1. The summed E-state index contributed by atoms with van der Waals surface area (Å²) in [5.74, 6) is -1.56. The van der Waals surface area contributed by atoms with E-state index >= 15 is 0 Å². The normalized spacial score (nSPS) is 15.7. The average molecular weight is 475 g/mol. The van der Waals surface area contributed by atoms with Crippen molar-refractivity contribution in [2.45, 2.75) is 12.8 Å². The first-order chi connectivity index (χ1) is 16.4. The van der Waals surface area contributed by atoms with Gasteiger partial charge in [-0.15, -0.1) is 0 Å². The van der Waals surface area contributed by atoms with Gasteiger partial charge in [0.05, 0.1) is 12.3 Å². The number of amides is 1. The van der Waals surface area contributed by atoms with Crippen LogP contribution in [0.15, 0.2) is 89.0 Å². The molecule has 0 spiro atoms. The Morgan fingerprint density at radius 2 is 1.74 bits per heavy atom. The van der Waals surface area contributed by atoms with Crippen LogP contribution in [0.25, 0.3) is 0 Å². The maximum absolute atomic E-state index is 12.9. The molecule has 8 heteroatoms. The number of carboxylic acid groups (broad SMARTS) is 1. The highest BCUT2D eigenvalue weighted by molar-refractivity contribution is 6.30. The van der Waals surface area contributed by atoms with E-state index in [1.807, 2.05) is 61.5 Å². The molecule has 0 aliphatic carbocycles. The second-order valence-electron chi connectivity index (χ2n) is 7.89. The Bertz CT molecular complexity index is 1240.